The van der Waals surface area contributed by atoms with Crippen molar-refractivity contribution in [1.29, 1.82) is 0 Å². The molecule has 168 valence electrons. The van der Waals surface area contributed by atoms with Crippen molar-refractivity contribution in [3.05, 3.63) is 46.6 Å². The van der Waals surface area contributed by atoms with Gasteiger partial charge in [-0.2, -0.15) is 16.8 Å². The van der Waals surface area contributed by atoms with Gasteiger partial charge in [0.25, 0.3) is 20.2 Å². The van der Waals surface area contributed by atoms with Crippen molar-refractivity contribution in [2.45, 2.75) is 43.5 Å². The van der Waals surface area contributed by atoms with Crippen molar-refractivity contribution in [1.82, 2.24) is 0 Å². The summed E-state index contributed by atoms with van der Waals surface area (Å²) in [5.74, 6) is -0.0319. The van der Waals surface area contributed by atoms with E-state index in [-0.39, 0.29) is 33.9 Å². The molecule has 0 saturated heterocycles. The van der Waals surface area contributed by atoms with Gasteiger partial charge in [0.05, 0.1) is 5.56 Å². The van der Waals surface area contributed by atoms with Crippen molar-refractivity contribution in [3.63, 3.8) is 0 Å². The molecule has 30 heavy (non-hydrogen) atoms. The van der Waals surface area contributed by atoms with E-state index in [4.69, 9.17) is 13.5 Å². The Bertz CT molecular complexity index is 1120. The second kappa shape index (κ2) is 9.88. The molecular formula is C16H22N2O10S2. The summed E-state index contributed by atoms with van der Waals surface area (Å²) in [6.45, 7) is 6.79. The molecule has 0 amide bonds. The standard InChI is InChI=1S/2C8H11NO5S/c1-6(2)9(10)3-7-4-14-5-8(7)15(11,12)13;1-5(2)8(9-10)7-3-6(4-14-7)15(11,12)13/h3-6H,1-2H3,(H,11,12,13);3-5,9H,1-2H3,(H-,10,11,12,13). The maximum absolute atomic E-state index is 11.2. The second-order valence-electron chi connectivity index (χ2n) is 6.54. The van der Waals surface area contributed by atoms with Crippen LogP contribution in [0.15, 0.2) is 43.5 Å². The SMILES string of the molecule is CC(C)C(=[NH+][O-])c1cc(S(=O)(=O)O)co1.CC(C)[N+]([O-])=Cc1cocc1S(=O)(=O)O. The van der Waals surface area contributed by atoms with Crippen LogP contribution in [0.25, 0.3) is 0 Å². The lowest BCUT2D eigenvalue weighted by Crippen LogP contribution is -2.67. The molecule has 2 rings (SSSR count). The molecule has 14 heteroatoms. The van der Waals surface area contributed by atoms with Crippen LogP contribution in [0.2, 0.25) is 0 Å². The summed E-state index contributed by atoms with van der Waals surface area (Å²) in [4.78, 5) is -0.782. The van der Waals surface area contributed by atoms with Crippen LogP contribution in [0.5, 0.6) is 0 Å². The molecule has 0 aliphatic heterocycles. The largest absolute Gasteiger partial charge is 0.625 e. The third-order valence-electron chi connectivity index (χ3n) is 3.53. The first-order valence-electron chi connectivity index (χ1n) is 8.33. The third kappa shape index (κ3) is 6.98. The summed E-state index contributed by atoms with van der Waals surface area (Å²) in [5.41, 5.74) is 0.256. The highest BCUT2D eigenvalue weighted by molar-refractivity contribution is 7.86. The monoisotopic (exact) mass is 466 g/mol. The molecule has 0 fully saturated rings. The quantitative estimate of drug-likeness (QED) is 0.176. The molecule has 0 radical (unpaired) electrons. The van der Waals surface area contributed by atoms with Crippen molar-refractivity contribution in [2.75, 3.05) is 0 Å². The van der Waals surface area contributed by atoms with Crippen molar-refractivity contribution < 1.29 is 44.7 Å². The molecule has 0 aromatic carbocycles. The van der Waals surface area contributed by atoms with Gasteiger partial charge >= 0.3 is 0 Å². The van der Waals surface area contributed by atoms with Gasteiger partial charge in [-0.15, -0.1) is 0 Å². The van der Waals surface area contributed by atoms with Gasteiger partial charge < -0.3 is 19.2 Å². The summed E-state index contributed by atoms with van der Waals surface area (Å²) >= 11 is 0. The first kappa shape index (κ1) is 25.4. The smallest absolute Gasteiger partial charge is 0.298 e. The van der Waals surface area contributed by atoms with Crippen LogP contribution in [0.1, 0.15) is 39.0 Å². The van der Waals surface area contributed by atoms with E-state index in [1.54, 1.807) is 32.9 Å². The van der Waals surface area contributed by atoms with E-state index in [0.29, 0.717) is 4.74 Å². The van der Waals surface area contributed by atoms with E-state index in [0.717, 1.165) is 31.1 Å². The highest BCUT2D eigenvalue weighted by Crippen LogP contribution is 2.16. The molecule has 0 aliphatic rings. The van der Waals surface area contributed by atoms with Gasteiger partial charge in [0.2, 0.25) is 5.71 Å². The Morgan fingerprint density at radius 2 is 1.70 bits per heavy atom. The summed E-state index contributed by atoms with van der Waals surface area (Å²) in [6.07, 6.45) is 3.88. The minimum atomic E-state index is -4.35. The van der Waals surface area contributed by atoms with Gasteiger partial charge in [0, 0.05) is 12.0 Å². The minimum Gasteiger partial charge on any atom is -0.625 e. The minimum absolute atomic E-state index is 0.0289. The molecule has 3 N–H and O–H groups in total. The predicted octanol–water partition coefficient (Wildman–Crippen LogP) is 0.414. The Morgan fingerprint density at radius 3 is 2.10 bits per heavy atom. The summed E-state index contributed by atoms with van der Waals surface area (Å²) in [6, 6.07) is 0.768. The highest BCUT2D eigenvalue weighted by atomic mass is 32.2. The summed E-state index contributed by atoms with van der Waals surface area (Å²) in [5, 5.41) is 23.5. The average Bonchev–Trinajstić information content (AvgIpc) is 3.24. The van der Waals surface area contributed by atoms with E-state index in [9.17, 15) is 27.3 Å². The number of rotatable bonds is 6. The number of nitrogens with one attached hydrogen (secondary N) is 1. The van der Waals surface area contributed by atoms with Crippen LogP contribution in [-0.2, 0) is 20.2 Å². The maximum Gasteiger partial charge on any atom is 0.298 e. The zero-order valence-electron chi connectivity index (χ0n) is 16.5. The summed E-state index contributed by atoms with van der Waals surface area (Å²) in [7, 11) is -8.64. The Labute approximate surface area is 173 Å². The molecule has 0 saturated carbocycles. The van der Waals surface area contributed by atoms with E-state index in [1.165, 1.54) is 0 Å². The van der Waals surface area contributed by atoms with Crippen LogP contribution < -0.4 is 5.16 Å². The van der Waals surface area contributed by atoms with Gasteiger partial charge in [-0.3, -0.25) is 9.11 Å². The van der Waals surface area contributed by atoms with E-state index in [1.807, 2.05) is 0 Å². The van der Waals surface area contributed by atoms with Crippen LogP contribution in [0.4, 0.5) is 0 Å². The molecule has 2 aromatic rings. The fourth-order valence-electron chi connectivity index (χ4n) is 1.93. The van der Waals surface area contributed by atoms with E-state index < -0.39 is 25.1 Å². The van der Waals surface area contributed by atoms with Crippen LogP contribution in [-0.4, -0.2) is 48.6 Å². The van der Waals surface area contributed by atoms with Crippen molar-refractivity contribution in [3.8, 4) is 0 Å². The number of hydroxylamine groups is 1. The molecule has 0 unspecified atom stereocenters. The van der Waals surface area contributed by atoms with Crippen molar-refractivity contribution >= 4 is 32.2 Å². The Balaban J connectivity index is 0.000000300. The lowest BCUT2D eigenvalue weighted by Gasteiger charge is -2.06. The zero-order chi connectivity index (χ0) is 23.3. The fraction of sp³-hybridized carbons (Fsp3) is 0.375. The van der Waals surface area contributed by atoms with Crippen LogP contribution >= 0.6 is 0 Å². The topological polar surface area (TPSA) is 198 Å². The normalized spacial score (nSPS) is 13.5. The van der Waals surface area contributed by atoms with Crippen LogP contribution in [0, 0.1) is 16.3 Å². The van der Waals surface area contributed by atoms with Gasteiger partial charge in [-0.05, 0) is 13.8 Å². The number of nitrogens with zero attached hydrogens (tertiary/aromatic N) is 1. The molecule has 2 heterocycles. The molecule has 0 aliphatic carbocycles. The highest BCUT2D eigenvalue weighted by Gasteiger charge is 2.22. The second-order valence-corrected chi connectivity index (χ2v) is 9.35. The molecular weight excluding hydrogens is 444 g/mol. The van der Waals surface area contributed by atoms with Gasteiger partial charge in [-0.25, -0.2) is 9.89 Å². The molecule has 0 atom stereocenters. The van der Waals surface area contributed by atoms with Crippen molar-refractivity contribution in [2.24, 2.45) is 5.92 Å². The third-order valence-corrected chi connectivity index (χ3v) is 5.23. The van der Waals surface area contributed by atoms with E-state index >= 15 is 0 Å². The Morgan fingerprint density at radius 1 is 1.10 bits per heavy atom. The molecule has 0 bridgehead atoms. The first-order valence-corrected chi connectivity index (χ1v) is 11.2. The Kier molecular flexibility index (Phi) is 8.35. The molecule has 12 nitrogen and oxygen atoms in total. The van der Waals surface area contributed by atoms with E-state index in [2.05, 4.69) is 4.42 Å². The summed E-state index contributed by atoms with van der Waals surface area (Å²) < 4.78 is 70.6. The lowest BCUT2D eigenvalue weighted by molar-refractivity contribution is -0.487. The predicted molar refractivity (Wildman–Crippen MR) is 104 cm³/mol. The molecule has 0 spiro atoms. The van der Waals surface area contributed by atoms with Gasteiger partial charge in [-0.1, -0.05) is 13.8 Å². The van der Waals surface area contributed by atoms with Crippen LogP contribution in [0.3, 0.4) is 0 Å². The molecule has 2 aromatic heterocycles. The average molecular weight is 466 g/mol. The Hall–Kier alpha value is -2.68. The number of hydrogen-bond donors (Lipinski definition) is 3. The zero-order valence-corrected chi connectivity index (χ0v) is 18.1. The number of hydrogen-bond acceptors (Lipinski definition) is 8. The van der Waals surface area contributed by atoms with Gasteiger partial charge in [0.1, 0.15) is 28.6 Å². The first-order chi connectivity index (χ1) is 13.7. The lowest BCUT2D eigenvalue weighted by atomic mass is 10.1. The number of furan rings is 2. The maximum atomic E-state index is 11.2. The van der Waals surface area contributed by atoms with Gasteiger partial charge in [0.15, 0.2) is 18.0 Å². The fourth-order valence-corrected chi connectivity index (χ4v) is 2.93.